The number of phosphoric ester groups is 1. The van der Waals surface area contributed by atoms with Crippen molar-refractivity contribution in [3.05, 3.63) is 22.8 Å². The predicted molar refractivity (Wildman–Crippen MR) is 96.8 cm³/mol. The van der Waals surface area contributed by atoms with E-state index in [2.05, 4.69) is 36.5 Å². The summed E-state index contributed by atoms with van der Waals surface area (Å²) < 4.78 is 30.2. The molecular formula is C16H30O7P2. The maximum Gasteiger partial charge on any atom is 0.481 e. The van der Waals surface area contributed by atoms with Crippen molar-refractivity contribution in [2.24, 2.45) is 11.3 Å². The van der Waals surface area contributed by atoms with E-state index in [1.165, 1.54) is 17.6 Å². The lowest BCUT2D eigenvalue weighted by Crippen LogP contribution is -2.28. The first-order valence-corrected chi connectivity index (χ1v) is 11.4. The molecule has 9 heteroatoms. The van der Waals surface area contributed by atoms with Gasteiger partial charge in [0.1, 0.15) is 0 Å². The van der Waals surface area contributed by atoms with Crippen molar-refractivity contribution in [2.45, 2.75) is 60.3 Å². The Bertz CT molecular complexity index is 630. The topological polar surface area (TPSA) is 113 Å². The van der Waals surface area contributed by atoms with E-state index in [1.807, 2.05) is 6.92 Å². The Hall–Kier alpha value is -0.260. The maximum atomic E-state index is 11.4. The van der Waals surface area contributed by atoms with Gasteiger partial charge in [-0.3, -0.25) is 4.52 Å². The van der Waals surface area contributed by atoms with Gasteiger partial charge in [-0.25, -0.2) is 9.13 Å². The largest absolute Gasteiger partial charge is 0.481 e. The molecule has 1 aliphatic rings. The smallest absolute Gasteiger partial charge is 0.302 e. The average molecular weight is 396 g/mol. The molecule has 1 aliphatic carbocycles. The van der Waals surface area contributed by atoms with E-state index in [1.54, 1.807) is 6.08 Å². The fraction of sp³-hybridized carbons (Fsp3) is 0.750. The lowest BCUT2D eigenvalue weighted by Gasteiger charge is -2.40. The maximum absolute atomic E-state index is 11.4. The number of hydrogen-bond donors (Lipinski definition) is 3. The molecule has 0 fully saturated rings. The van der Waals surface area contributed by atoms with Crippen molar-refractivity contribution >= 4 is 15.6 Å². The molecule has 0 saturated carbocycles. The van der Waals surface area contributed by atoms with Crippen LogP contribution in [-0.4, -0.2) is 21.3 Å². The van der Waals surface area contributed by atoms with Crippen LogP contribution in [0, 0.1) is 11.3 Å². The Morgan fingerprint density at radius 1 is 1.32 bits per heavy atom. The van der Waals surface area contributed by atoms with Gasteiger partial charge in [0, 0.05) is 0 Å². The number of phosphoric acid groups is 2. The summed E-state index contributed by atoms with van der Waals surface area (Å²) in [6, 6.07) is 0. The van der Waals surface area contributed by atoms with Gasteiger partial charge >= 0.3 is 15.6 Å². The van der Waals surface area contributed by atoms with Crippen LogP contribution in [0.2, 0.25) is 0 Å². The molecule has 25 heavy (non-hydrogen) atoms. The summed E-state index contributed by atoms with van der Waals surface area (Å²) in [7, 11) is -9.85. The molecule has 0 radical (unpaired) electrons. The zero-order valence-corrected chi connectivity index (χ0v) is 17.3. The molecule has 1 rings (SSSR count). The van der Waals surface area contributed by atoms with Gasteiger partial charge < -0.3 is 14.7 Å². The van der Waals surface area contributed by atoms with Crippen molar-refractivity contribution in [1.29, 1.82) is 0 Å². The third-order valence-electron chi connectivity index (χ3n) is 5.13. The van der Waals surface area contributed by atoms with Gasteiger partial charge in [-0.15, -0.1) is 0 Å². The van der Waals surface area contributed by atoms with E-state index in [4.69, 9.17) is 9.79 Å². The van der Waals surface area contributed by atoms with Gasteiger partial charge in [0.15, 0.2) is 0 Å². The summed E-state index contributed by atoms with van der Waals surface area (Å²) in [5, 5.41) is 0. The second kappa shape index (κ2) is 8.62. The Labute approximate surface area is 150 Å². The fourth-order valence-corrected chi connectivity index (χ4v) is 4.71. The van der Waals surface area contributed by atoms with Gasteiger partial charge in [-0.1, -0.05) is 43.6 Å². The monoisotopic (exact) mass is 396 g/mol. The third kappa shape index (κ3) is 7.48. The van der Waals surface area contributed by atoms with E-state index in [0.29, 0.717) is 5.92 Å². The molecule has 0 heterocycles. The Morgan fingerprint density at radius 3 is 2.48 bits per heavy atom. The molecule has 0 amide bonds. The van der Waals surface area contributed by atoms with Crippen LogP contribution in [0.3, 0.4) is 0 Å². The van der Waals surface area contributed by atoms with Crippen LogP contribution in [0.5, 0.6) is 0 Å². The molecule has 3 N–H and O–H groups in total. The Kier molecular flexibility index (Phi) is 7.85. The van der Waals surface area contributed by atoms with Crippen LogP contribution in [0.1, 0.15) is 60.3 Å². The van der Waals surface area contributed by atoms with Gasteiger partial charge in [0.25, 0.3) is 0 Å². The van der Waals surface area contributed by atoms with Gasteiger partial charge in [-0.05, 0) is 50.9 Å². The minimum absolute atomic E-state index is 0.164. The van der Waals surface area contributed by atoms with Crippen LogP contribution < -0.4 is 0 Å². The summed E-state index contributed by atoms with van der Waals surface area (Å²) in [5.74, 6) is 0.629. The minimum atomic E-state index is -5.07. The first-order chi connectivity index (χ1) is 11.2. The Balaban J connectivity index is 2.59. The summed E-state index contributed by atoms with van der Waals surface area (Å²) in [6.45, 7) is 10.7. The van der Waals surface area contributed by atoms with E-state index in [-0.39, 0.29) is 12.0 Å². The number of allylic oxidation sites excluding steroid dienone is 3. The van der Waals surface area contributed by atoms with Gasteiger partial charge in [-0.2, -0.15) is 4.31 Å². The molecule has 146 valence electrons. The molecule has 1 unspecified atom stereocenters. The first kappa shape index (κ1) is 22.8. The number of rotatable bonds is 8. The highest BCUT2D eigenvalue weighted by molar-refractivity contribution is 7.60. The molecule has 0 aromatic heterocycles. The van der Waals surface area contributed by atoms with Crippen LogP contribution >= 0.6 is 15.6 Å². The normalized spacial score (nSPS) is 24.3. The van der Waals surface area contributed by atoms with E-state index in [9.17, 15) is 14.0 Å². The summed E-state index contributed by atoms with van der Waals surface area (Å²) in [4.78, 5) is 26.3. The highest BCUT2D eigenvalue weighted by atomic mass is 31.3. The summed E-state index contributed by atoms with van der Waals surface area (Å²) in [5.41, 5.74) is 4.06. The molecule has 0 saturated heterocycles. The minimum Gasteiger partial charge on any atom is -0.302 e. The molecule has 2 atom stereocenters. The molecule has 7 nitrogen and oxygen atoms in total. The van der Waals surface area contributed by atoms with Crippen LogP contribution in [-0.2, 0) is 18.0 Å². The van der Waals surface area contributed by atoms with E-state index >= 15 is 0 Å². The lowest BCUT2D eigenvalue weighted by molar-refractivity contribution is 0.191. The zero-order valence-electron chi connectivity index (χ0n) is 15.6. The molecule has 0 aliphatic heterocycles. The second-order valence-electron chi connectivity index (χ2n) is 7.31. The van der Waals surface area contributed by atoms with Crippen molar-refractivity contribution < 1.29 is 32.6 Å². The predicted octanol–water partition coefficient (Wildman–Crippen LogP) is 4.71. The SMILES string of the molecule is CC1=C(CC/C(C)=C/COP(=O)(O)OP(=O)(O)O)C(C)(C)[C@@H](C)CC1. The Morgan fingerprint density at radius 2 is 1.92 bits per heavy atom. The quantitative estimate of drug-likeness (QED) is 0.402. The van der Waals surface area contributed by atoms with Gasteiger partial charge in [0.05, 0.1) is 6.61 Å². The van der Waals surface area contributed by atoms with Crippen molar-refractivity contribution in [1.82, 2.24) is 0 Å². The van der Waals surface area contributed by atoms with Crippen LogP contribution in [0.25, 0.3) is 0 Å². The fourth-order valence-electron chi connectivity index (χ4n) is 3.18. The molecule has 0 bridgehead atoms. The van der Waals surface area contributed by atoms with Crippen LogP contribution in [0.15, 0.2) is 22.8 Å². The molecule has 0 aromatic carbocycles. The number of hydrogen-bond acceptors (Lipinski definition) is 4. The van der Waals surface area contributed by atoms with Gasteiger partial charge in [0.2, 0.25) is 0 Å². The van der Waals surface area contributed by atoms with Crippen LogP contribution in [0.4, 0.5) is 0 Å². The molecular weight excluding hydrogens is 366 g/mol. The zero-order chi connectivity index (χ0) is 19.5. The van der Waals surface area contributed by atoms with Crippen molar-refractivity contribution in [2.75, 3.05) is 6.61 Å². The van der Waals surface area contributed by atoms with Crippen molar-refractivity contribution in [3.8, 4) is 0 Å². The molecule has 0 aromatic rings. The lowest BCUT2D eigenvalue weighted by atomic mass is 9.65. The van der Waals surface area contributed by atoms with Crippen molar-refractivity contribution in [3.63, 3.8) is 0 Å². The average Bonchev–Trinajstić information content (AvgIpc) is 2.40. The highest BCUT2D eigenvalue weighted by Crippen LogP contribution is 2.57. The molecule has 0 spiro atoms. The summed E-state index contributed by atoms with van der Waals surface area (Å²) >= 11 is 0. The van der Waals surface area contributed by atoms with E-state index in [0.717, 1.165) is 24.8 Å². The third-order valence-corrected chi connectivity index (χ3v) is 7.28. The second-order valence-corrected chi connectivity index (χ2v) is 10.1. The highest BCUT2D eigenvalue weighted by Gasteiger charge is 2.34. The summed E-state index contributed by atoms with van der Waals surface area (Å²) in [6.07, 6.45) is 5.67. The first-order valence-electron chi connectivity index (χ1n) is 8.33. The standard InChI is InChI=1S/C16H30O7P2/c1-12(10-11-22-25(20,21)23-24(17,18)19)6-9-15-13(2)7-8-14(3)16(15,4)5/h10,14H,6-9,11H2,1-5H3,(H,20,21)(H2,17,18,19)/b12-10+/t14-/m0/s1. The van der Waals surface area contributed by atoms with E-state index < -0.39 is 15.6 Å².